The Morgan fingerprint density at radius 1 is 1.03 bits per heavy atom. The third kappa shape index (κ3) is 4.55. The number of Topliss-reactive ketones (excluding diaryl/α,β-unsaturated/α-hetero) is 1. The molecule has 8 nitrogen and oxygen atoms in total. The van der Waals surface area contributed by atoms with Gasteiger partial charge in [0.1, 0.15) is 11.5 Å². The van der Waals surface area contributed by atoms with Crippen molar-refractivity contribution in [1.29, 1.82) is 0 Å². The fourth-order valence-corrected chi connectivity index (χ4v) is 3.65. The molecular weight excluding hydrogens is 414 g/mol. The van der Waals surface area contributed by atoms with Gasteiger partial charge in [-0.2, -0.15) is 0 Å². The van der Waals surface area contributed by atoms with Crippen molar-refractivity contribution < 1.29 is 34.0 Å². The zero-order valence-electron chi connectivity index (χ0n) is 18.3. The minimum Gasteiger partial charge on any atom is -0.507 e. The van der Waals surface area contributed by atoms with Crippen molar-refractivity contribution in [3.63, 3.8) is 0 Å². The van der Waals surface area contributed by atoms with Gasteiger partial charge in [-0.05, 0) is 55.8 Å². The molecule has 0 radical (unpaired) electrons. The maximum atomic E-state index is 13.0. The summed E-state index contributed by atoms with van der Waals surface area (Å²) in [6.45, 7) is 4.83. The Kier molecular flexibility index (Phi) is 7.37. The third-order valence-corrected chi connectivity index (χ3v) is 5.11. The van der Waals surface area contributed by atoms with Crippen LogP contribution in [0.25, 0.3) is 5.76 Å². The Hall–Kier alpha value is -3.52. The Balaban J connectivity index is 2.13. The van der Waals surface area contributed by atoms with Crippen LogP contribution in [-0.4, -0.2) is 60.3 Å². The molecule has 3 rings (SSSR count). The van der Waals surface area contributed by atoms with Gasteiger partial charge in [-0.15, -0.1) is 0 Å². The molecule has 0 aromatic heterocycles. The maximum Gasteiger partial charge on any atom is 0.295 e. The average Bonchev–Trinajstić information content (AvgIpc) is 3.04. The Morgan fingerprint density at radius 3 is 2.34 bits per heavy atom. The number of rotatable bonds is 9. The summed E-state index contributed by atoms with van der Waals surface area (Å²) in [4.78, 5) is 27.2. The van der Waals surface area contributed by atoms with E-state index in [9.17, 15) is 19.8 Å². The highest BCUT2D eigenvalue weighted by molar-refractivity contribution is 6.46. The minimum absolute atomic E-state index is 0.0385. The lowest BCUT2D eigenvalue weighted by atomic mass is 9.95. The number of hydrogen-bond donors (Lipinski definition) is 2. The molecule has 0 unspecified atom stereocenters. The first kappa shape index (κ1) is 23.1. The molecule has 8 heteroatoms. The lowest BCUT2D eigenvalue weighted by Gasteiger charge is -2.25. The first-order valence-electron chi connectivity index (χ1n) is 10.4. The summed E-state index contributed by atoms with van der Waals surface area (Å²) in [5.74, 6) is -1.02. The smallest absolute Gasteiger partial charge is 0.295 e. The van der Waals surface area contributed by atoms with Crippen LogP contribution in [0, 0.1) is 0 Å². The molecule has 1 aliphatic heterocycles. The van der Waals surface area contributed by atoms with Crippen LogP contribution in [0.5, 0.6) is 17.2 Å². The molecule has 1 atom stereocenters. The van der Waals surface area contributed by atoms with Crippen LogP contribution in [0.2, 0.25) is 0 Å². The second kappa shape index (κ2) is 10.2. The standard InChI is InChI=1S/C24H27NO7/c1-4-31-17-9-6-15(7-10-17)22(27)20-21(25(12-13-30-3)24(29)23(20)28)16-8-11-18(26)19(14-16)32-5-2/h6-11,14,21,26-27H,4-5,12-13H2,1-3H3/t21-/m1/s1. The summed E-state index contributed by atoms with van der Waals surface area (Å²) >= 11 is 0. The van der Waals surface area contributed by atoms with Crippen molar-refractivity contribution in [2.24, 2.45) is 0 Å². The van der Waals surface area contributed by atoms with E-state index in [1.54, 1.807) is 43.3 Å². The number of ether oxygens (including phenoxy) is 3. The molecule has 170 valence electrons. The topological polar surface area (TPSA) is 106 Å². The number of likely N-dealkylation sites (tertiary alicyclic amines) is 1. The lowest BCUT2D eigenvalue weighted by Crippen LogP contribution is -2.32. The molecule has 0 spiro atoms. The quantitative estimate of drug-likeness (QED) is 0.350. The first-order valence-corrected chi connectivity index (χ1v) is 10.4. The number of aromatic hydroxyl groups is 1. The highest BCUT2D eigenvalue weighted by Gasteiger charge is 2.46. The van der Waals surface area contributed by atoms with Gasteiger partial charge in [0.15, 0.2) is 11.5 Å². The van der Waals surface area contributed by atoms with Crippen LogP contribution < -0.4 is 9.47 Å². The van der Waals surface area contributed by atoms with E-state index in [0.717, 1.165) is 0 Å². The maximum absolute atomic E-state index is 13.0. The third-order valence-electron chi connectivity index (χ3n) is 5.11. The fourth-order valence-electron chi connectivity index (χ4n) is 3.65. The Morgan fingerprint density at radius 2 is 1.72 bits per heavy atom. The highest BCUT2D eigenvalue weighted by atomic mass is 16.5. The van der Waals surface area contributed by atoms with Gasteiger partial charge >= 0.3 is 0 Å². The molecule has 1 heterocycles. The van der Waals surface area contributed by atoms with Gasteiger partial charge in [0.05, 0.1) is 31.4 Å². The summed E-state index contributed by atoms with van der Waals surface area (Å²) in [7, 11) is 1.50. The van der Waals surface area contributed by atoms with Gasteiger partial charge in [0, 0.05) is 19.2 Å². The number of carbonyl (C=O) groups is 2. The molecule has 1 saturated heterocycles. The predicted octanol–water partition coefficient (Wildman–Crippen LogP) is 3.26. The van der Waals surface area contributed by atoms with Crippen molar-refractivity contribution in [1.82, 2.24) is 4.90 Å². The molecular formula is C24H27NO7. The molecule has 0 saturated carbocycles. The number of nitrogens with zero attached hydrogens (tertiary/aromatic N) is 1. The van der Waals surface area contributed by atoms with Crippen LogP contribution in [0.4, 0.5) is 0 Å². The SMILES string of the molecule is CCOc1ccc(C(O)=C2C(=O)C(=O)N(CCOC)[C@@H]2c2ccc(O)c(OCC)c2)cc1. The molecule has 2 N–H and O–H groups in total. The number of phenolic OH excluding ortho intramolecular Hbond substituents is 1. The van der Waals surface area contributed by atoms with Crippen LogP contribution in [0.3, 0.4) is 0 Å². The predicted molar refractivity (Wildman–Crippen MR) is 118 cm³/mol. The normalized spacial score (nSPS) is 17.6. The van der Waals surface area contributed by atoms with Crippen molar-refractivity contribution >= 4 is 17.4 Å². The van der Waals surface area contributed by atoms with E-state index >= 15 is 0 Å². The van der Waals surface area contributed by atoms with Crippen molar-refractivity contribution in [3.05, 3.63) is 59.2 Å². The summed E-state index contributed by atoms with van der Waals surface area (Å²) in [6, 6.07) is 10.4. The molecule has 32 heavy (non-hydrogen) atoms. The summed E-state index contributed by atoms with van der Waals surface area (Å²) in [6.07, 6.45) is 0. The van der Waals surface area contributed by atoms with E-state index in [2.05, 4.69) is 0 Å². The second-order valence-corrected chi connectivity index (χ2v) is 7.10. The number of phenols is 1. The van der Waals surface area contributed by atoms with Gasteiger partial charge in [0.25, 0.3) is 11.7 Å². The van der Waals surface area contributed by atoms with E-state index in [1.165, 1.54) is 18.1 Å². The summed E-state index contributed by atoms with van der Waals surface area (Å²) in [5, 5.41) is 21.1. The largest absolute Gasteiger partial charge is 0.507 e. The van der Waals surface area contributed by atoms with Gasteiger partial charge in [-0.25, -0.2) is 0 Å². The zero-order valence-corrected chi connectivity index (χ0v) is 18.3. The highest BCUT2D eigenvalue weighted by Crippen LogP contribution is 2.41. The number of amides is 1. The lowest BCUT2D eigenvalue weighted by molar-refractivity contribution is -0.140. The zero-order chi connectivity index (χ0) is 23.3. The van der Waals surface area contributed by atoms with Crippen LogP contribution in [-0.2, 0) is 14.3 Å². The van der Waals surface area contributed by atoms with Gasteiger partial charge in [0.2, 0.25) is 0 Å². The number of aliphatic hydroxyl groups excluding tert-OH is 1. The summed E-state index contributed by atoms with van der Waals surface area (Å²) < 4.78 is 16.0. The average molecular weight is 441 g/mol. The van der Waals surface area contributed by atoms with E-state index in [-0.39, 0.29) is 36.0 Å². The van der Waals surface area contributed by atoms with E-state index in [1.807, 2.05) is 6.92 Å². The molecule has 1 fully saturated rings. The molecule has 0 aliphatic carbocycles. The van der Waals surface area contributed by atoms with E-state index < -0.39 is 17.7 Å². The summed E-state index contributed by atoms with van der Waals surface area (Å²) in [5.41, 5.74) is 0.865. The molecule has 1 amide bonds. The van der Waals surface area contributed by atoms with Gasteiger partial charge in [-0.1, -0.05) is 6.07 Å². The molecule has 2 aromatic rings. The molecule has 0 bridgehead atoms. The Labute approximate surface area is 186 Å². The first-order chi connectivity index (χ1) is 15.4. The minimum atomic E-state index is -0.864. The van der Waals surface area contributed by atoms with Crippen molar-refractivity contribution in [2.45, 2.75) is 19.9 Å². The van der Waals surface area contributed by atoms with Gasteiger partial charge < -0.3 is 29.3 Å². The number of benzene rings is 2. The monoisotopic (exact) mass is 441 g/mol. The van der Waals surface area contributed by atoms with E-state index in [4.69, 9.17) is 14.2 Å². The number of carbonyl (C=O) groups excluding carboxylic acids is 2. The fraction of sp³-hybridized carbons (Fsp3) is 0.333. The number of aliphatic hydroxyl groups is 1. The van der Waals surface area contributed by atoms with Crippen LogP contribution >= 0.6 is 0 Å². The van der Waals surface area contributed by atoms with Gasteiger partial charge in [-0.3, -0.25) is 9.59 Å². The van der Waals surface area contributed by atoms with Crippen molar-refractivity contribution in [3.8, 4) is 17.2 Å². The molecule has 2 aromatic carbocycles. The van der Waals surface area contributed by atoms with Crippen molar-refractivity contribution in [2.75, 3.05) is 33.5 Å². The second-order valence-electron chi connectivity index (χ2n) is 7.10. The van der Waals surface area contributed by atoms with Crippen LogP contribution in [0.15, 0.2) is 48.0 Å². The molecule has 1 aliphatic rings. The number of methoxy groups -OCH3 is 1. The Bertz CT molecular complexity index is 1010. The number of hydrogen-bond acceptors (Lipinski definition) is 7. The number of ketones is 1. The van der Waals surface area contributed by atoms with E-state index in [0.29, 0.717) is 30.1 Å². The van der Waals surface area contributed by atoms with Crippen LogP contribution in [0.1, 0.15) is 31.0 Å².